The van der Waals surface area contributed by atoms with Gasteiger partial charge in [0.2, 0.25) is 11.1 Å². The molecule has 1 amide bonds. The van der Waals surface area contributed by atoms with Crippen molar-refractivity contribution in [3.05, 3.63) is 65.0 Å². The molecule has 2 heterocycles. The highest BCUT2D eigenvalue weighted by molar-refractivity contribution is 7.98. The first-order valence-corrected chi connectivity index (χ1v) is 10.3. The Morgan fingerprint density at radius 1 is 1.11 bits per heavy atom. The third kappa shape index (κ3) is 3.57. The molecule has 0 unspecified atom stereocenters. The molecular formula is C21H21N5OS. The van der Waals surface area contributed by atoms with Crippen molar-refractivity contribution < 1.29 is 4.79 Å². The van der Waals surface area contributed by atoms with Gasteiger partial charge in [-0.1, -0.05) is 48.2 Å². The van der Waals surface area contributed by atoms with Crippen molar-refractivity contribution >= 4 is 34.2 Å². The highest BCUT2D eigenvalue weighted by Gasteiger charge is 2.15. The Kier molecular flexibility index (Phi) is 5.00. The first-order chi connectivity index (χ1) is 13.5. The third-order valence-electron chi connectivity index (χ3n) is 4.85. The maximum atomic E-state index is 12.6. The van der Waals surface area contributed by atoms with Gasteiger partial charge >= 0.3 is 0 Å². The van der Waals surface area contributed by atoms with Crippen LogP contribution in [0.1, 0.15) is 22.5 Å². The average Bonchev–Trinajstić information content (AvgIpc) is 3.12. The fraction of sp³-hybridized carbons (Fsp3) is 0.238. The second-order valence-corrected chi connectivity index (χ2v) is 7.48. The van der Waals surface area contributed by atoms with Gasteiger partial charge in [-0.15, -0.1) is 5.10 Å². The Balaban J connectivity index is 1.49. The molecule has 4 rings (SSSR count). The Labute approximate surface area is 167 Å². The topological polar surface area (TPSA) is 72.2 Å². The van der Waals surface area contributed by atoms with Gasteiger partial charge in [0.25, 0.3) is 5.78 Å². The molecule has 0 saturated carbocycles. The van der Waals surface area contributed by atoms with Crippen LogP contribution in [0.15, 0.2) is 47.6 Å². The van der Waals surface area contributed by atoms with Crippen molar-refractivity contribution in [2.24, 2.45) is 0 Å². The van der Waals surface area contributed by atoms with E-state index >= 15 is 0 Å². The molecule has 7 heteroatoms. The predicted octanol–water partition coefficient (Wildman–Crippen LogP) is 3.48. The van der Waals surface area contributed by atoms with E-state index in [-0.39, 0.29) is 12.3 Å². The van der Waals surface area contributed by atoms with Crippen molar-refractivity contribution in [2.75, 3.05) is 6.26 Å². The minimum Gasteiger partial charge on any atom is -0.352 e. The highest BCUT2D eigenvalue weighted by Crippen LogP contribution is 2.18. The molecule has 0 aliphatic rings. The molecule has 142 valence electrons. The summed E-state index contributed by atoms with van der Waals surface area (Å²) in [7, 11) is 0. The summed E-state index contributed by atoms with van der Waals surface area (Å²) >= 11 is 1.47. The number of nitrogens with one attached hydrogen (secondary N) is 1. The molecule has 2 aromatic heterocycles. The van der Waals surface area contributed by atoms with Gasteiger partial charge in [0.15, 0.2) is 0 Å². The second kappa shape index (κ2) is 7.59. The summed E-state index contributed by atoms with van der Waals surface area (Å²) in [5.41, 5.74) is 3.68. The maximum absolute atomic E-state index is 12.6. The van der Waals surface area contributed by atoms with E-state index in [9.17, 15) is 4.79 Å². The number of thioether (sulfide) groups is 1. The van der Waals surface area contributed by atoms with Gasteiger partial charge in [-0.3, -0.25) is 4.79 Å². The monoisotopic (exact) mass is 391 g/mol. The molecule has 6 nitrogen and oxygen atoms in total. The van der Waals surface area contributed by atoms with Gasteiger partial charge in [0.1, 0.15) is 0 Å². The van der Waals surface area contributed by atoms with Crippen LogP contribution in [0.25, 0.3) is 16.6 Å². The SMILES string of the molecule is CSc1nc2nc(C)c(CC(=O)NCc3ccc4ccccc4c3)c(C)n2n1. The van der Waals surface area contributed by atoms with Crippen LogP contribution >= 0.6 is 11.8 Å². The number of hydrogen-bond donors (Lipinski definition) is 1. The Hall–Kier alpha value is -2.93. The van der Waals surface area contributed by atoms with Crippen LogP contribution in [-0.4, -0.2) is 31.7 Å². The zero-order chi connectivity index (χ0) is 19.7. The molecule has 0 aliphatic carbocycles. The number of nitrogens with zero attached hydrogens (tertiary/aromatic N) is 4. The summed E-state index contributed by atoms with van der Waals surface area (Å²) < 4.78 is 1.71. The number of aromatic nitrogens is 4. The number of rotatable bonds is 5. The fourth-order valence-electron chi connectivity index (χ4n) is 3.30. The minimum absolute atomic E-state index is 0.0364. The van der Waals surface area contributed by atoms with Crippen molar-refractivity contribution in [1.82, 2.24) is 24.9 Å². The molecule has 4 aromatic rings. The number of aryl methyl sites for hydroxylation is 2. The summed E-state index contributed by atoms with van der Waals surface area (Å²) in [6, 6.07) is 14.4. The molecule has 0 spiro atoms. The fourth-order valence-corrected chi connectivity index (χ4v) is 3.64. The standard InChI is InChI=1S/C21H21N5OS/c1-13-18(14(2)26-20(23-13)24-21(25-26)28-3)11-19(27)22-12-15-8-9-16-6-4-5-7-17(16)10-15/h4-10H,11-12H2,1-3H3,(H,22,27). The van der Waals surface area contributed by atoms with Crippen LogP contribution in [0.2, 0.25) is 0 Å². The Bertz CT molecular complexity index is 1180. The number of fused-ring (bicyclic) bond motifs is 2. The lowest BCUT2D eigenvalue weighted by Gasteiger charge is -2.11. The van der Waals surface area contributed by atoms with E-state index in [1.165, 1.54) is 22.5 Å². The van der Waals surface area contributed by atoms with E-state index in [1.807, 2.05) is 38.3 Å². The van der Waals surface area contributed by atoms with Crippen molar-refractivity contribution in [3.63, 3.8) is 0 Å². The highest BCUT2D eigenvalue weighted by atomic mass is 32.2. The average molecular weight is 392 g/mol. The van der Waals surface area contributed by atoms with Crippen LogP contribution in [-0.2, 0) is 17.8 Å². The first-order valence-electron chi connectivity index (χ1n) is 9.06. The predicted molar refractivity (Wildman–Crippen MR) is 112 cm³/mol. The van der Waals surface area contributed by atoms with Gasteiger partial charge in [-0.25, -0.2) is 9.50 Å². The number of carbonyl (C=O) groups excluding carboxylic acids is 1. The Morgan fingerprint density at radius 2 is 1.89 bits per heavy atom. The molecule has 2 aromatic carbocycles. The van der Waals surface area contributed by atoms with Gasteiger partial charge in [-0.05, 0) is 42.5 Å². The number of benzene rings is 2. The molecule has 28 heavy (non-hydrogen) atoms. The van der Waals surface area contributed by atoms with Gasteiger partial charge in [0, 0.05) is 23.5 Å². The van der Waals surface area contributed by atoms with E-state index < -0.39 is 0 Å². The van der Waals surface area contributed by atoms with Gasteiger partial charge in [-0.2, -0.15) is 4.98 Å². The summed E-state index contributed by atoms with van der Waals surface area (Å²) in [4.78, 5) is 21.4. The molecule has 1 N–H and O–H groups in total. The largest absolute Gasteiger partial charge is 0.352 e. The molecule has 0 radical (unpaired) electrons. The third-order valence-corrected chi connectivity index (χ3v) is 5.39. The number of hydrogen-bond acceptors (Lipinski definition) is 5. The molecule has 0 aliphatic heterocycles. The van der Waals surface area contributed by atoms with Crippen molar-refractivity contribution in [2.45, 2.75) is 32.0 Å². The molecule has 0 fully saturated rings. The van der Waals surface area contributed by atoms with Crippen LogP contribution in [0.4, 0.5) is 0 Å². The Morgan fingerprint density at radius 3 is 2.68 bits per heavy atom. The van der Waals surface area contributed by atoms with Crippen LogP contribution in [0.3, 0.4) is 0 Å². The van der Waals surface area contributed by atoms with E-state index in [0.717, 1.165) is 22.5 Å². The second-order valence-electron chi connectivity index (χ2n) is 6.71. The zero-order valence-corrected chi connectivity index (χ0v) is 16.9. The summed E-state index contributed by atoms with van der Waals surface area (Å²) in [6.07, 6.45) is 2.20. The summed E-state index contributed by atoms with van der Waals surface area (Å²) in [6.45, 7) is 4.36. The molecule has 0 bridgehead atoms. The molecule has 0 atom stereocenters. The van der Waals surface area contributed by atoms with E-state index in [1.54, 1.807) is 4.52 Å². The lowest BCUT2D eigenvalue weighted by atomic mass is 10.1. The van der Waals surface area contributed by atoms with E-state index in [2.05, 4.69) is 44.6 Å². The first kappa shape index (κ1) is 18.4. The summed E-state index contributed by atoms with van der Waals surface area (Å²) in [5, 5.41) is 10.5. The van der Waals surface area contributed by atoms with E-state index in [0.29, 0.717) is 17.5 Å². The lowest BCUT2D eigenvalue weighted by Crippen LogP contribution is -2.25. The number of amides is 1. The van der Waals surface area contributed by atoms with E-state index in [4.69, 9.17) is 0 Å². The molecule has 0 saturated heterocycles. The number of carbonyl (C=O) groups is 1. The van der Waals surface area contributed by atoms with Crippen LogP contribution < -0.4 is 5.32 Å². The van der Waals surface area contributed by atoms with Gasteiger partial charge < -0.3 is 5.32 Å². The maximum Gasteiger partial charge on any atom is 0.253 e. The minimum atomic E-state index is -0.0364. The van der Waals surface area contributed by atoms with Crippen molar-refractivity contribution in [1.29, 1.82) is 0 Å². The summed E-state index contributed by atoms with van der Waals surface area (Å²) in [5.74, 6) is 0.533. The molecular weight excluding hydrogens is 370 g/mol. The van der Waals surface area contributed by atoms with Crippen molar-refractivity contribution in [3.8, 4) is 0 Å². The lowest BCUT2D eigenvalue weighted by molar-refractivity contribution is -0.120. The smallest absolute Gasteiger partial charge is 0.253 e. The van der Waals surface area contributed by atoms with Gasteiger partial charge in [0.05, 0.1) is 6.42 Å². The van der Waals surface area contributed by atoms with Crippen LogP contribution in [0.5, 0.6) is 0 Å². The van der Waals surface area contributed by atoms with Crippen LogP contribution in [0, 0.1) is 13.8 Å². The quantitative estimate of drug-likeness (QED) is 0.528. The normalized spacial score (nSPS) is 11.2. The zero-order valence-electron chi connectivity index (χ0n) is 16.1.